The van der Waals surface area contributed by atoms with Gasteiger partial charge in [-0.15, -0.1) is 0 Å². The van der Waals surface area contributed by atoms with Crippen LogP contribution in [-0.2, 0) is 6.54 Å². The summed E-state index contributed by atoms with van der Waals surface area (Å²) in [6, 6.07) is 4.18. The zero-order valence-electron chi connectivity index (χ0n) is 12.2. The van der Waals surface area contributed by atoms with Crippen LogP contribution in [0.1, 0.15) is 52.4 Å². The molecule has 1 aliphatic carbocycles. The molecule has 0 aliphatic heterocycles. The molecular weight excluding hydrogens is 236 g/mol. The van der Waals surface area contributed by atoms with Crippen molar-refractivity contribution in [3.05, 3.63) is 28.7 Å². The first-order valence-corrected chi connectivity index (χ1v) is 7.71. The van der Waals surface area contributed by atoms with Crippen LogP contribution in [0.25, 0.3) is 0 Å². The standard InChI is InChI=1S/C16H26N2O/c1-3-11-18-12-14(9-10-16(18)19)17-15-8-6-5-7-13(15)4-2/h9-10,12-13,15,17H,3-8,11H2,1-2H3. The number of rotatable bonds is 5. The second-order valence-electron chi connectivity index (χ2n) is 5.65. The largest absolute Gasteiger partial charge is 0.381 e. The van der Waals surface area contributed by atoms with Gasteiger partial charge in [-0.2, -0.15) is 0 Å². The van der Waals surface area contributed by atoms with E-state index >= 15 is 0 Å². The summed E-state index contributed by atoms with van der Waals surface area (Å²) in [4.78, 5) is 11.7. The highest BCUT2D eigenvalue weighted by molar-refractivity contribution is 5.41. The third-order valence-corrected chi connectivity index (χ3v) is 4.23. The summed E-state index contributed by atoms with van der Waals surface area (Å²) in [5.74, 6) is 0.778. The van der Waals surface area contributed by atoms with Gasteiger partial charge in [-0.05, 0) is 31.2 Å². The Morgan fingerprint density at radius 3 is 2.79 bits per heavy atom. The lowest BCUT2D eigenvalue weighted by Gasteiger charge is -2.32. The van der Waals surface area contributed by atoms with Gasteiger partial charge in [0.15, 0.2) is 0 Å². The van der Waals surface area contributed by atoms with Gasteiger partial charge in [0.25, 0.3) is 5.56 Å². The fourth-order valence-electron chi connectivity index (χ4n) is 3.13. The number of pyridine rings is 1. The summed E-state index contributed by atoms with van der Waals surface area (Å²) >= 11 is 0. The van der Waals surface area contributed by atoms with Crippen molar-refractivity contribution in [1.82, 2.24) is 4.57 Å². The maximum Gasteiger partial charge on any atom is 0.250 e. The lowest BCUT2D eigenvalue weighted by molar-refractivity contribution is 0.317. The summed E-state index contributed by atoms with van der Waals surface area (Å²) in [6.07, 6.45) is 9.49. The molecule has 3 heteroatoms. The molecule has 2 unspecified atom stereocenters. The summed E-state index contributed by atoms with van der Waals surface area (Å²) < 4.78 is 1.81. The van der Waals surface area contributed by atoms with E-state index in [-0.39, 0.29) is 5.56 Å². The van der Waals surface area contributed by atoms with Gasteiger partial charge in [0, 0.05) is 24.8 Å². The van der Waals surface area contributed by atoms with Gasteiger partial charge in [-0.25, -0.2) is 0 Å². The molecule has 3 nitrogen and oxygen atoms in total. The maximum absolute atomic E-state index is 11.7. The van der Waals surface area contributed by atoms with Gasteiger partial charge in [0.05, 0.1) is 5.69 Å². The van der Waals surface area contributed by atoms with Crippen molar-refractivity contribution >= 4 is 5.69 Å². The zero-order valence-corrected chi connectivity index (χ0v) is 12.2. The highest BCUT2D eigenvalue weighted by atomic mass is 16.1. The molecule has 1 fully saturated rings. The van der Waals surface area contributed by atoms with Crippen molar-refractivity contribution in [2.45, 2.75) is 65.0 Å². The second-order valence-corrected chi connectivity index (χ2v) is 5.65. The van der Waals surface area contributed by atoms with Crippen LogP contribution in [0.2, 0.25) is 0 Å². The van der Waals surface area contributed by atoms with E-state index < -0.39 is 0 Å². The van der Waals surface area contributed by atoms with Gasteiger partial charge in [-0.1, -0.05) is 33.1 Å². The van der Waals surface area contributed by atoms with Crippen LogP contribution in [0.4, 0.5) is 5.69 Å². The summed E-state index contributed by atoms with van der Waals surface area (Å²) in [5, 5.41) is 3.65. The third-order valence-electron chi connectivity index (χ3n) is 4.23. The lowest BCUT2D eigenvalue weighted by atomic mass is 9.83. The van der Waals surface area contributed by atoms with Crippen molar-refractivity contribution < 1.29 is 0 Å². The van der Waals surface area contributed by atoms with Crippen LogP contribution in [0.5, 0.6) is 0 Å². The molecule has 106 valence electrons. The minimum Gasteiger partial charge on any atom is -0.381 e. The van der Waals surface area contributed by atoms with Crippen LogP contribution in [0.3, 0.4) is 0 Å². The molecule has 1 aromatic heterocycles. The Bertz CT molecular complexity index is 452. The maximum atomic E-state index is 11.7. The van der Waals surface area contributed by atoms with Crippen LogP contribution in [-0.4, -0.2) is 10.6 Å². The molecule has 0 saturated heterocycles. The monoisotopic (exact) mass is 262 g/mol. The molecule has 0 aromatic carbocycles. The first kappa shape index (κ1) is 14.2. The highest BCUT2D eigenvalue weighted by Crippen LogP contribution is 2.29. The van der Waals surface area contributed by atoms with Gasteiger partial charge < -0.3 is 9.88 Å². The second kappa shape index (κ2) is 6.78. The van der Waals surface area contributed by atoms with Gasteiger partial charge >= 0.3 is 0 Å². The van der Waals surface area contributed by atoms with Crippen molar-refractivity contribution in [2.24, 2.45) is 5.92 Å². The predicted octanol–water partition coefficient (Wildman–Crippen LogP) is 3.64. The molecule has 0 radical (unpaired) electrons. The Morgan fingerprint density at radius 2 is 2.05 bits per heavy atom. The molecule has 1 aromatic rings. The van der Waals surface area contributed by atoms with Crippen LogP contribution >= 0.6 is 0 Å². The van der Waals surface area contributed by atoms with E-state index in [2.05, 4.69) is 19.2 Å². The molecule has 19 heavy (non-hydrogen) atoms. The fourth-order valence-corrected chi connectivity index (χ4v) is 3.13. The number of aromatic nitrogens is 1. The molecule has 1 saturated carbocycles. The summed E-state index contributed by atoms with van der Waals surface area (Å²) in [5.41, 5.74) is 1.20. The molecule has 1 heterocycles. The fraction of sp³-hybridized carbons (Fsp3) is 0.688. The topological polar surface area (TPSA) is 34.0 Å². The van der Waals surface area contributed by atoms with E-state index in [9.17, 15) is 4.79 Å². The first-order chi connectivity index (χ1) is 9.24. The molecule has 0 spiro atoms. The van der Waals surface area contributed by atoms with Crippen molar-refractivity contribution in [3.63, 3.8) is 0 Å². The Morgan fingerprint density at radius 1 is 1.26 bits per heavy atom. The van der Waals surface area contributed by atoms with Crippen molar-refractivity contribution in [3.8, 4) is 0 Å². The smallest absolute Gasteiger partial charge is 0.250 e. The molecule has 1 N–H and O–H groups in total. The summed E-state index contributed by atoms with van der Waals surface area (Å²) in [7, 11) is 0. The number of hydrogen-bond donors (Lipinski definition) is 1. The Hall–Kier alpha value is -1.25. The van der Waals surface area contributed by atoms with E-state index in [0.29, 0.717) is 6.04 Å². The van der Waals surface area contributed by atoms with E-state index in [1.54, 1.807) is 6.07 Å². The van der Waals surface area contributed by atoms with E-state index in [1.807, 2.05) is 16.8 Å². The zero-order chi connectivity index (χ0) is 13.7. The third kappa shape index (κ3) is 3.62. The van der Waals surface area contributed by atoms with Crippen molar-refractivity contribution in [1.29, 1.82) is 0 Å². The van der Waals surface area contributed by atoms with E-state index in [1.165, 1.54) is 32.1 Å². The SMILES string of the molecule is CCCn1cc(NC2CCCCC2CC)ccc1=O. The number of nitrogens with zero attached hydrogens (tertiary/aromatic N) is 1. The number of anilines is 1. The average Bonchev–Trinajstić information content (AvgIpc) is 2.43. The number of hydrogen-bond acceptors (Lipinski definition) is 2. The van der Waals surface area contributed by atoms with E-state index in [0.717, 1.165) is 24.6 Å². The minimum atomic E-state index is 0.100. The normalized spacial score (nSPS) is 23.3. The minimum absolute atomic E-state index is 0.100. The molecule has 2 rings (SSSR count). The van der Waals surface area contributed by atoms with Crippen LogP contribution < -0.4 is 10.9 Å². The summed E-state index contributed by atoms with van der Waals surface area (Å²) in [6.45, 7) is 5.18. The molecule has 1 aliphatic rings. The quantitative estimate of drug-likeness (QED) is 0.879. The molecule has 0 bridgehead atoms. The Labute approximate surface area is 116 Å². The van der Waals surface area contributed by atoms with Crippen LogP contribution in [0.15, 0.2) is 23.1 Å². The van der Waals surface area contributed by atoms with Crippen molar-refractivity contribution in [2.75, 3.05) is 5.32 Å². The highest BCUT2D eigenvalue weighted by Gasteiger charge is 2.23. The first-order valence-electron chi connectivity index (χ1n) is 7.71. The Balaban J connectivity index is 2.09. The van der Waals surface area contributed by atoms with Gasteiger partial charge in [0.2, 0.25) is 0 Å². The predicted molar refractivity (Wildman–Crippen MR) is 80.7 cm³/mol. The number of nitrogens with one attached hydrogen (secondary N) is 1. The van der Waals surface area contributed by atoms with Gasteiger partial charge in [-0.3, -0.25) is 4.79 Å². The lowest BCUT2D eigenvalue weighted by Crippen LogP contribution is -2.32. The Kier molecular flexibility index (Phi) is 5.06. The van der Waals surface area contributed by atoms with Crippen LogP contribution in [0, 0.1) is 5.92 Å². The molecule has 0 amide bonds. The van der Waals surface area contributed by atoms with E-state index in [4.69, 9.17) is 0 Å². The average molecular weight is 262 g/mol. The van der Waals surface area contributed by atoms with Gasteiger partial charge in [0.1, 0.15) is 0 Å². The molecule has 2 atom stereocenters. The molecular formula is C16H26N2O. The number of aryl methyl sites for hydroxylation is 1.